The van der Waals surface area contributed by atoms with Gasteiger partial charge in [0.25, 0.3) is 0 Å². The molecule has 0 radical (unpaired) electrons. The van der Waals surface area contributed by atoms with Crippen molar-refractivity contribution < 1.29 is 33.8 Å². The maximum Gasteiger partial charge on any atom is 0.370 e. The van der Waals surface area contributed by atoms with Crippen LogP contribution in [0.2, 0.25) is 0 Å². The number of amides is 1. The van der Waals surface area contributed by atoms with Crippen LogP contribution in [0.5, 0.6) is 0 Å². The van der Waals surface area contributed by atoms with Crippen molar-refractivity contribution in [2.24, 2.45) is 0 Å². The molecule has 10 heteroatoms. The van der Waals surface area contributed by atoms with E-state index in [1.165, 1.54) is 20.8 Å². The van der Waals surface area contributed by atoms with Crippen LogP contribution < -0.4 is 5.32 Å². The van der Waals surface area contributed by atoms with E-state index in [2.05, 4.69) is 17.9 Å². The number of nitrogens with one attached hydrogen (secondary N) is 1. The molecule has 0 aliphatic rings. The molecule has 1 aromatic rings. The zero-order valence-corrected chi connectivity index (χ0v) is 16.7. The SMILES string of the molecule is C[C@@H](OC(=O)SC[C@H](NC(=O)C(C)(C)S)C(=O)O)OC(=O)c1ccccc1. The predicted molar refractivity (Wildman–Crippen MR) is 103 cm³/mol. The lowest BCUT2D eigenvalue weighted by Gasteiger charge is -2.21. The summed E-state index contributed by atoms with van der Waals surface area (Å²) in [6.45, 7) is 4.38. The fourth-order valence-electron chi connectivity index (χ4n) is 1.65. The van der Waals surface area contributed by atoms with E-state index in [0.29, 0.717) is 17.3 Å². The number of hydrogen-bond acceptors (Lipinski definition) is 8. The largest absolute Gasteiger partial charge is 0.480 e. The summed E-state index contributed by atoms with van der Waals surface area (Å²) in [5.74, 6) is -2.81. The van der Waals surface area contributed by atoms with E-state index in [0.717, 1.165) is 0 Å². The first kappa shape index (κ1) is 22.8. The number of thiol groups is 1. The number of carbonyl (C=O) groups is 4. The summed E-state index contributed by atoms with van der Waals surface area (Å²) >= 11 is 4.60. The Kier molecular flexibility index (Phi) is 8.64. The van der Waals surface area contributed by atoms with E-state index in [1.807, 2.05) is 0 Å². The van der Waals surface area contributed by atoms with E-state index < -0.39 is 40.2 Å². The zero-order valence-electron chi connectivity index (χ0n) is 15.0. The molecule has 0 aliphatic carbocycles. The van der Waals surface area contributed by atoms with E-state index in [-0.39, 0.29) is 5.75 Å². The molecule has 0 heterocycles. The molecule has 0 fully saturated rings. The smallest absolute Gasteiger partial charge is 0.370 e. The molecule has 0 saturated carbocycles. The molecule has 2 atom stereocenters. The third kappa shape index (κ3) is 8.35. The lowest BCUT2D eigenvalue weighted by atomic mass is 10.2. The number of esters is 1. The molecule has 1 rings (SSSR count). The fraction of sp³-hybridized carbons (Fsp3) is 0.412. The molecule has 0 aromatic heterocycles. The van der Waals surface area contributed by atoms with Gasteiger partial charge in [0, 0.05) is 12.7 Å². The summed E-state index contributed by atoms with van der Waals surface area (Å²) in [5, 5.41) is 10.6. The summed E-state index contributed by atoms with van der Waals surface area (Å²) in [7, 11) is 0. The Bertz CT molecular complexity index is 688. The maximum absolute atomic E-state index is 11.9. The molecule has 2 N–H and O–H groups in total. The van der Waals surface area contributed by atoms with Crippen molar-refractivity contribution in [3.05, 3.63) is 35.9 Å². The number of hydrogen-bond donors (Lipinski definition) is 3. The van der Waals surface area contributed by atoms with Crippen molar-refractivity contribution in [1.29, 1.82) is 0 Å². The lowest BCUT2D eigenvalue weighted by Crippen LogP contribution is -2.48. The van der Waals surface area contributed by atoms with Crippen LogP contribution >= 0.6 is 24.4 Å². The van der Waals surface area contributed by atoms with Crippen LogP contribution in [-0.4, -0.2) is 51.1 Å². The average Bonchev–Trinajstić information content (AvgIpc) is 2.57. The van der Waals surface area contributed by atoms with Crippen LogP contribution in [-0.2, 0) is 19.1 Å². The lowest BCUT2D eigenvalue weighted by molar-refractivity contribution is -0.141. The molecular weight excluding hydrogens is 394 g/mol. The van der Waals surface area contributed by atoms with Crippen LogP contribution in [0.4, 0.5) is 4.79 Å². The van der Waals surface area contributed by atoms with Crippen LogP contribution in [0, 0.1) is 0 Å². The highest BCUT2D eigenvalue weighted by Gasteiger charge is 2.29. The van der Waals surface area contributed by atoms with Gasteiger partial charge in [0.15, 0.2) is 0 Å². The van der Waals surface area contributed by atoms with Crippen molar-refractivity contribution in [2.75, 3.05) is 5.75 Å². The summed E-state index contributed by atoms with van der Waals surface area (Å²) in [5.41, 5.74) is 0.302. The number of benzene rings is 1. The van der Waals surface area contributed by atoms with Gasteiger partial charge in [-0.15, -0.1) is 0 Å². The Labute approximate surface area is 166 Å². The molecular formula is C17H21NO7S2. The zero-order chi connectivity index (χ0) is 20.6. The summed E-state index contributed by atoms with van der Waals surface area (Å²) in [6.07, 6.45) is -1.16. The summed E-state index contributed by atoms with van der Waals surface area (Å²) in [6, 6.07) is 6.86. The molecule has 1 amide bonds. The quantitative estimate of drug-likeness (QED) is 0.336. The van der Waals surface area contributed by atoms with Gasteiger partial charge in [-0.2, -0.15) is 12.6 Å². The van der Waals surface area contributed by atoms with Gasteiger partial charge in [0.05, 0.1) is 10.3 Å². The predicted octanol–water partition coefficient (Wildman–Crippen LogP) is 2.34. The highest BCUT2D eigenvalue weighted by molar-refractivity contribution is 8.13. The number of thioether (sulfide) groups is 1. The minimum Gasteiger partial charge on any atom is -0.480 e. The van der Waals surface area contributed by atoms with Gasteiger partial charge in [-0.25, -0.2) is 14.4 Å². The second-order valence-electron chi connectivity index (χ2n) is 5.94. The standard InChI is InChI=1S/C17H21NO7S2/c1-10(24-14(21)11-7-5-4-6-8-11)25-16(23)27-9-12(13(19)20)18-15(22)17(2,3)26/h4-8,10,12,26H,9H2,1-3H3,(H,18,22)(H,19,20)/t10-,12+/m1/s1. The van der Waals surface area contributed by atoms with Gasteiger partial charge in [-0.3, -0.25) is 4.79 Å². The van der Waals surface area contributed by atoms with Crippen molar-refractivity contribution in [3.63, 3.8) is 0 Å². The third-order valence-corrected chi connectivity index (χ3v) is 4.11. The first-order valence-corrected chi connectivity index (χ1v) is 9.29. The summed E-state index contributed by atoms with van der Waals surface area (Å²) in [4.78, 5) is 46.7. The molecule has 0 unspecified atom stereocenters. The Hall–Kier alpha value is -2.20. The Morgan fingerprint density at radius 2 is 1.78 bits per heavy atom. The van der Waals surface area contributed by atoms with E-state index >= 15 is 0 Å². The number of rotatable bonds is 8. The van der Waals surface area contributed by atoms with Gasteiger partial charge in [0.2, 0.25) is 12.2 Å². The van der Waals surface area contributed by atoms with Gasteiger partial charge in [0.1, 0.15) is 6.04 Å². The van der Waals surface area contributed by atoms with Crippen molar-refractivity contribution >= 4 is 47.5 Å². The van der Waals surface area contributed by atoms with Crippen LogP contribution in [0.3, 0.4) is 0 Å². The van der Waals surface area contributed by atoms with Crippen molar-refractivity contribution in [3.8, 4) is 0 Å². The highest BCUT2D eigenvalue weighted by atomic mass is 32.2. The molecule has 148 valence electrons. The van der Waals surface area contributed by atoms with Crippen molar-refractivity contribution in [2.45, 2.75) is 37.9 Å². The Morgan fingerprint density at radius 3 is 2.30 bits per heavy atom. The second kappa shape index (κ2) is 10.2. The monoisotopic (exact) mass is 415 g/mol. The van der Waals surface area contributed by atoms with E-state index in [4.69, 9.17) is 14.6 Å². The number of carbonyl (C=O) groups excluding carboxylic acids is 3. The van der Waals surface area contributed by atoms with Crippen LogP contribution in [0.15, 0.2) is 30.3 Å². The highest BCUT2D eigenvalue weighted by Crippen LogP contribution is 2.15. The number of carboxylic acid groups (broad SMARTS) is 1. The normalized spacial score (nSPS) is 13.2. The van der Waals surface area contributed by atoms with Gasteiger partial charge < -0.3 is 19.9 Å². The van der Waals surface area contributed by atoms with Crippen molar-refractivity contribution in [1.82, 2.24) is 5.32 Å². The topological polar surface area (TPSA) is 119 Å². The fourth-order valence-corrected chi connectivity index (χ4v) is 2.44. The van der Waals surface area contributed by atoms with E-state index in [9.17, 15) is 19.2 Å². The number of aliphatic carboxylic acids is 1. The average molecular weight is 415 g/mol. The molecule has 27 heavy (non-hydrogen) atoms. The third-order valence-electron chi connectivity index (χ3n) is 3.07. The van der Waals surface area contributed by atoms with E-state index in [1.54, 1.807) is 30.3 Å². The molecule has 1 aromatic carbocycles. The van der Waals surface area contributed by atoms with Gasteiger partial charge in [-0.05, 0) is 37.7 Å². The van der Waals surface area contributed by atoms with Crippen LogP contribution in [0.1, 0.15) is 31.1 Å². The van der Waals surface area contributed by atoms with Gasteiger partial charge >= 0.3 is 17.2 Å². The van der Waals surface area contributed by atoms with Gasteiger partial charge in [-0.1, -0.05) is 18.2 Å². The molecule has 0 aliphatic heterocycles. The molecule has 8 nitrogen and oxygen atoms in total. The molecule has 0 spiro atoms. The number of ether oxygens (including phenoxy) is 2. The van der Waals surface area contributed by atoms with Crippen LogP contribution in [0.25, 0.3) is 0 Å². The number of carboxylic acids is 1. The minimum atomic E-state index is -1.30. The Morgan fingerprint density at radius 1 is 1.19 bits per heavy atom. The maximum atomic E-state index is 11.9. The second-order valence-corrected chi connectivity index (χ2v) is 8.01. The first-order chi connectivity index (χ1) is 12.5. The minimum absolute atomic E-state index is 0.261. The molecule has 0 bridgehead atoms. The Balaban J connectivity index is 2.49. The molecule has 0 saturated heterocycles. The first-order valence-electron chi connectivity index (χ1n) is 7.86. The summed E-state index contributed by atoms with van der Waals surface area (Å²) < 4.78 is 8.81.